The van der Waals surface area contributed by atoms with Crippen LogP contribution in [0.1, 0.15) is 66.4 Å². The van der Waals surface area contributed by atoms with Gasteiger partial charge in [0.25, 0.3) is 11.7 Å². The molecule has 1 saturated heterocycles. The summed E-state index contributed by atoms with van der Waals surface area (Å²) in [6, 6.07) is 8.48. The number of amides is 1. The van der Waals surface area contributed by atoms with Crippen LogP contribution >= 0.6 is 0 Å². The van der Waals surface area contributed by atoms with E-state index in [0.29, 0.717) is 17.1 Å². The van der Waals surface area contributed by atoms with Gasteiger partial charge >= 0.3 is 0 Å². The highest BCUT2D eigenvalue weighted by atomic mass is 16.3. The number of ketones is 1. The Bertz CT molecular complexity index is 994. The maximum absolute atomic E-state index is 13.1. The standard InChI is InChI=1S/C24H27NO4/c1-14-9-11-17(13-15(14)2)22(26)20-21(19-12-10-16(3)29-19)25(24(28)23(20)27)18-7-5-4-6-8-18/h9-13,18,21,26H,4-8H2,1-3H3/b22-20-. The molecule has 1 aliphatic carbocycles. The molecule has 2 aliphatic rings. The van der Waals surface area contributed by atoms with Crippen molar-refractivity contribution >= 4 is 17.4 Å². The minimum Gasteiger partial charge on any atom is -0.507 e. The van der Waals surface area contributed by atoms with Gasteiger partial charge in [-0.05, 0) is 62.9 Å². The first-order valence-electron chi connectivity index (χ1n) is 10.3. The quantitative estimate of drug-likeness (QED) is 0.455. The minimum atomic E-state index is -0.687. The summed E-state index contributed by atoms with van der Waals surface area (Å²) in [6.45, 7) is 5.78. The van der Waals surface area contributed by atoms with Crippen molar-refractivity contribution in [2.75, 3.05) is 0 Å². The number of hydrogen-bond donors (Lipinski definition) is 1. The average Bonchev–Trinajstić information content (AvgIpc) is 3.25. The van der Waals surface area contributed by atoms with Crippen molar-refractivity contribution in [1.29, 1.82) is 0 Å². The molecule has 2 aromatic rings. The number of aryl methyl sites for hydroxylation is 3. The second-order valence-electron chi connectivity index (χ2n) is 8.25. The summed E-state index contributed by atoms with van der Waals surface area (Å²) in [5.41, 5.74) is 2.78. The number of nitrogens with zero attached hydrogens (tertiary/aromatic N) is 1. The fourth-order valence-corrected chi connectivity index (χ4v) is 4.51. The Hall–Kier alpha value is -2.82. The molecule has 1 saturated carbocycles. The smallest absolute Gasteiger partial charge is 0.296 e. The van der Waals surface area contributed by atoms with E-state index in [2.05, 4.69) is 0 Å². The van der Waals surface area contributed by atoms with Gasteiger partial charge < -0.3 is 14.4 Å². The van der Waals surface area contributed by atoms with Gasteiger partial charge in [0.1, 0.15) is 23.3 Å². The summed E-state index contributed by atoms with van der Waals surface area (Å²) in [7, 11) is 0. The topological polar surface area (TPSA) is 70.8 Å². The highest BCUT2D eigenvalue weighted by Gasteiger charge is 2.50. The summed E-state index contributed by atoms with van der Waals surface area (Å²) >= 11 is 0. The van der Waals surface area contributed by atoms with E-state index in [9.17, 15) is 14.7 Å². The molecule has 1 unspecified atom stereocenters. The first-order chi connectivity index (χ1) is 13.9. The first-order valence-corrected chi connectivity index (χ1v) is 10.3. The lowest BCUT2D eigenvalue weighted by atomic mass is 9.92. The van der Waals surface area contributed by atoms with E-state index in [-0.39, 0.29) is 17.4 Å². The number of aliphatic hydroxyl groups excluding tert-OH is 1. The molecule has 4 rings (SSSR count). The molecule has 1 aliphatic heterocycles. The van der Waals surface area contributed by atoms with Gasteiger partial charge in [-0.3, -0.25) is 9.59 Å². The van der Waals surface area contributed by atoms with E-state index in [1.807, 2.05) is 39.0 Å². The van der Waals surface area contributed by atoms with Crippen molar-refractivity contribution in [3.8, 4) is 0 Å². The van der Waals surface area contributed by atoms with E-state index < -0.39 is 17.7 Å². The zero-order valence-electron chi connectivity index (χ0n) is 17.2. The van der Waals surface area contributed by atoms with E-state index in [1.165, 1.54) is 0 Å². The second-order valence-corrected chi connectivity index (χ2v) is 8.25. The average molecular weight is 393 g/mol. The molecule has 2 heterocycles. The second kappa shape index (κ2) is 7.54. The lowest BCUT2D eigenvalue weighted by molar-refractivity contribution is -0.142. The van der Waals surface area contributed by atoms with Crippen molar-refractivity contribution in [3.63, 3.8) is 0 Å². The fourth-order valence-electron chi connectivity index (χ4n) is 4.51. The van der Waals surface area contributed by atoms with Gasteiger partial charge in [0.2, 0.25) is 0 Å². The lowest BCUT2D eigenvalue weighted by Crippen LogP contribution is -2.40. The third kappa shape index (κ3) is 3.39. The van der Waals surface area contributed by atoms with Crippen molar-refractivity contribution in [2.45, 2.75) is 65.0 Å². The molecule has 1 atom stereocenters. The molecule has 1 amide bonds. The van der Waals surface area contributed by atoms with Crippen molar-refractivity contribution in [1.82, 2.24) is 4.90 Å². The number of Topliss-reactive ketones (excluding diaryl/α,β-unsaturated/α-hetero) is 1. The Morgan fingerprint density at radius 2 is 1.72 bits per heavy atom. The lowest BCUT2D eigenvalue weighted by Gasteiger charge is -2.34. The molecule has 29 heavy (non-hydrogen) atoms. The number of rotatable bonds is 3. The van der Waals surface area contributed by atoms with Crippen LogP contribution < -0.4 is 0 Å². The number of likely N-dealkylation sites (tertiary alicyclic amines) is 1. The van der Waals surface area contributed by atoms with Crippen LogP contribution in [-0.4, -0.2) is 27.7 Å². The monoisotopic (exact) mass is 393 g/mol. The van der Waals surface area contributed by atoms with Crippen LogP contribution in [0.5, 0.6) is 0 Å². The van der Waals surface area contributed by atoms with Gasteiger partial charge in [0.15, 0.2) is 0 Å². The van der Waals surface area contributed by atoms with Crippen LogP contribution in [0.15, 0.2) is 40.3 Å². The Morgan fingerprint density at radius 1 is 1.00 bits per heavy atom. The fraction of sp³-hybridized carbons (Fsp3) is 0.417. The third-order valence-corrected chi connectivity index (χ3v) is 6.26. The molecular weight excluding hydrogens is 366 g/mol. The summed E-state index contributed by atoms with van der Waals surface area (Å²) in [5.74, 6) is -0.0754. The van der Waals surface area contributed by atoms with Gasteiger partial charge in [0, 0.05) is 11.6 Å². The molecule has 0 bridgehead atoms. The maximum Gasteiger partial charge on any atom is 0.296 e. The van der Waals surface area contributed by atoms with E-state index in [4.69, 9.17) is 4.42 Å². The predicted octanol–water partition coefficient (Wildman–Crippen LogP) is 4.96. The van der Waals surface area contributed by atoms with Crippen LogP contribution in [0.25, 0.3) is 5.76 Å². The molecule has 1 aromatic heterocycles. The van der Waals surface area contributed by atoms with Crippen molar-refractivity contribution in [3.05, 3.63) is 64.1 Å². The van der Waals surface area contributed by atoms with Crippen LogP contribution in [0, 0.1) is 20.8 Å². The zero-order chi connectivity index (χ0) is 20.7. The van der Waals surface area contributed by atoms with Crippen molar-refractivity contribution in [2.24, 2.45) is 0 Å². The number of carbonyl (C=O) groups excluding carboxylic acids is 2. The molecule has 2 fully saturated rings. The van der Waals surface area contributed by atoms with E-state index >= 15 is 0 Å². The summed E-state index contributed by atoms with van der Waals surface area (Å²) in [4.78, 5) is 27.8. The normalized spacial score (nSPS) is 22.4. The molecule has 1 aromatic carbocycles. The largest absolute Gasteiger partial charge is 0.507 e. The number of hydrogen-bond acceptors (Lipinski definition) is 4. The van der Waals surface area contributed by atoms with Crippen LogP contribution in [0.4, 0.5) is 0 Å². The molecule has 1 N–H and O–H groups in total. The molecule has 5 nitrogen and oxygen atoms in total. The highest BCUT2D eigenvalue weighted by Crippen LogP contribution is 2.43. The molecule has 0 radical (unpaired) electrons. The molecular formula is C24H27NO4. The first kappa shape index (κ1) is 19.5. The maximum atomic E-state index is 13.1. The van der Waals surface area contributed by atoms with Gasteiger partial charge in [-0.25, -0.2) is 0 Å². The van der Waals surface area contributed by atoms with Crippen LogP contribution in [-0.2, 0) is 9.59 Å². The van der Waals surface area contributed by atoms with Crippen LogP contribution in [0.2, 0.25) is 0 Å². The Labute approximate surface area is 171 Å². The number of carbonyl (C=O) groups is 2. The molecule has 152 valence electrons. The summed E-state index contributed by atoms with van der Waals surface area (Å²) < 4.78 is 5.85. The van der Waals surface area contributed by atoms with Gasteiger partial charge in [-0.2, -0.15) is 0 Å². The van der Waals surface area contributed by atoms with Gasteiger partial charge in [-0.1, -0.05) is 31.4 Å². The minimum absolute atomic E-state index is 0.0133. The van der Waals surface area contributed by atoms with Crippen LogP contribution in [0.3, 0.4) is 0 Å². The SMILES string of the molecule is Cc1ccc(C2/C(=C(/O)c3ccc(C)c(C)c3)C(=O)C(=O)N2C2CCCCC2)o1. The molecule has 5 heteroatoms. The van der Waals surface area contributed by atoms with Crippen molar-refractivity contribution < 1.29 is 19.1 Å². The van der Waals surface area contributed by atoms with E-state index in [1.54, 1.807) is 17.0 Å². The van der Waals surface area contributed by atoms with E-state index in [0.717, 1.165) is 43.2 Å². The Balaban J connectivity index is 1.87. The number of furan rings is 1. The van der Waals surface area contributed by atoms with Gasteiger partial charge in [0.05, 0.1) is 5.57 Å². The Morgan fingerprint density at radius 3 is 2.34 bits per heavy atom. The van der Waals surface area contributed by atoms with Gasteiger partial charge in [-0.15, -0.1) is 0 Å². The zero-order valence-corrected chi connectivity index (χ0v) is 17.2. The predicted molar refractivity (Wildman–Crippen MR) is 110 cm³/mol. The summed E-state index contributed by atoms with van der Waals surface area (Å²) in [5, 5.41) is 11.1. The Kier molecular flexibility index (Phi) is 5.07. The third-order valence-electron chi connectivity index (χ3n) is 6.26. The number of benzene rings is 1. The summed E-state index contributed by atoms with van der Waals surface area (Å²) in [6.07, 6.45) is 4.96. The molecule has 0 spiro atoms. The highest BCUT2D eigenvalue weighted by molar-refractivity contribution is 6.46. The number of aliphatic hydroxyl groups is 1.